The Balaban J connectivity index is 2.63. The molecule has 16 heavy (non-hydrogen) atoms. The number of aromatic nitrogens is 1. The number of rotatable bonds is 3. The van der Waals surface area contributed by atoms with Gasteiger partial charge in [-0.15, -0.1) is 11.6 Å². The number of fused-ring (bicyclic) bond motifs is 1. The maximum absolute atomic E-state index is 12.4. The molecule has 0 radical (unpaired) electrons. The van der Waals surface area contributed by atoms with Gasteiger partial charge in [0.25, 0.3) is 5.89 Å². The van der Waals surface area contributed by atoms with Gasteiger partial charge in [-0.1, -0.05) is 6.07 Å². The molecule has 2 rings (SSSR count). The minimum absolute atomic E-state index is 0.128. The number of hydrogen-bond acceptors (Lipinski definition) is 3. The molecular weight excluding hydrogens is 240 g/mol. The second-order valence-corrected chi connectivity index (χ2v) is 3.33. The summed E-state index contributed by atoms with van der Waals surface area (Å²) in [4.78, 5) is 15.0. The molecule has 84 valence electrons. The number of alkyl halides is 3. The van der Waals surface area contributed by atoms with Crippen molar-refractivity contribution in [1.82, 2.24) is 4.98 Å². The van der Waals surface area contributed by atoms with Crippen LogP contribution in [0.2, 0.25) is 0 Å². The van der Waals surface area contributed by atoms with Crippen molar-refractivity contribution in [2.24, 2.45) is 0 Å². The van der Waals surface area contributed by atoms with Gasteiger partial charge in [-0.05, 0) is 12.1 Å². The third-order valence-corrected chi connectivity index (χ3v) is 2.29. The van der Waals surface area contributed by atoms with E-state index >= 15 is 0 Å². The quantitative estimate of drug-likeness (QED) is 0.616. The summed E-state index contributed by atoms with van der Waals surface area (Å²) in [6, 6.07) is 4.48. The van der Waals surface area contributed by atoms with Crippen LogP contribution >= 0.6 is 11.6 Å². The molecule has 0 aliphatic heterocycles. The summed E-state index contributed by atoms with van der Waals surface area (Å²) in [5, 5.41) is 0. The van der Waals surface area contributed by atoms with E-state index in [9.17, 15) is 13.6 Å². The van der Waals surface area contributed by atoms with Gasteiger partial charge in [-0.2, -0.15) is 8.78 Å². The maximum Gasteiger partial charge on any atom is 0.313 e. The molecule has 0 aliphatic rings. The molecule has 1 aromatic carbocycles. The van der Waals surface area contributed by atoms with E-state index in [4.69, 9.17) is 16.0 Å². The lowest BCUT2D eigenvalue weighted by Crippen LogP contribution is -2.00. The largest absolute Gasteiger partial charge is 0.435 e. The fourth-order valence-electron chi connectivity index (χ4n) is 1.36. The summed E-state index contributed by atoms with van der Waals surface area (Å²) in [7, 11) is 0. The summed E-state index contributed by atoms with van der Waals surface area (Å²) < 4.78 is 29.5. The molecule has 0 fully saturated rings. The molecule has 1 aromatic heterocycles. The highest BCUT2D eigenvalue weighted by molar-refractivity contribution is 6.31. The van der Waals surface area contributed by atoms with E-state index in [-0.39, 0.29) is 28.3 Å². The maximum atomic E-state index is 12.4. The van der Waals surface area contributed by atoms with Crippen molar-refractivity contribution in [2.45, 2.75) is 6.43 Å². The van der Waals surface area contributed by atoms with Gasteiger partial charge < -0.3 is 4.42 Å². The fourth-order valence-corrected chi connectivity index (χ4v) is 1.50. The molecular formula is C10H6ClF2NO2. The van der Waals surface area contributed by atoms with Crippen molar-refractivity contribution >= 4 is 28.5 Å². The lowest BCUT2D eigenvalue weighted by atomic mass is 10.1. The van der Waals surface area contributed by atoms with Gasteiger partial charge in [0.05, 0.1) is 5.88 Å². The van der Waals surface area contributed by atoms with Gasteiger partial charge in [-0.25, -0.2) is 4.98 Å². The van der Waals surface area contributed by atoms with E-state index in [1.54, 1.807) is 0 Å². The number of benzene rings is 1. The molecule has 0 bridgehead atoms. The van der Waals surface area contributed by atoms with Crippen LogP contribution in [0, 0.1) is 0 Å². The summed E-state index contributed by atoms with van der Waals surface area (Å²) in [5.74, 6) is -1.29. The van der Waals surface area contributed by atoms with Crippen LogP contribution in [0.4, 0.5) is 8.78 Å². The van der Waals surface area contributed by atoms with Crippen LogP contribution in [-0.2, 0) is 0 Å². The highest BCUT2D eigenvalue weighted by atomic mass is 35.5. The Morgan fingerprint density at radius 2 is 2.25 bits per heavy atom. The number of carbonyl (C=O) groups excluding carboxylic acids is 1. The van der Waals surface area contributed by atoms with Crippen LogP contribution in [-0.4, -0.2) is 16.6 Å². The molecule has 0 amide bonds. The van der Waals surface area contributed by atoms with Gasteiger partial charge in [0.1, 0.15) is 5.52 Å². The van der Waals surface area contributed by atoms with Gasteiger partial charge in [0, 0.05) is 5.56 Å². The first-order valence-corrected chi connectivity index (χ1v) is 4.93. The van der Waals surface area contributed by atoms with Gasteiger partial charge in [0.2, 0.25) is 0 Å². The van der Waals surface area contributed by atoms with Crippen LogP contribution in [0.1, 0.15) is 22.7 Å². The smallest absolute Gasteiger partial charge is 0.313 e. The van der Waals surface area contributed by atoms with Crippen molar-refractivity contribution in [1.29, 1.82) is 0 Å². The van der Waals surface area contributed by atoms with Gasteiger partial charge in [0.15, 0.2) is 11.4 Å². The van der Waals surface area contributed by atoms with E-state index in [2.05, 4.69) is 4.98 Å². The van der Waals surface area contributed by atoms with Crippen LogP contribution in [0.5, 0.6) is 0 Å². The average Bonchev–Trinajstić information content (AvgIpc) is 2.71. The SMILES string of the molecule is O=C(CCl)c1cccc2oc(C(F)F)nc12. The Hall–Kier alpha value is -1.49. The normalized spacial score (nSPS) is 11.2. The molecule has 0 spiro atoms. The molecule has 3 nitrogen and oxygen atoms in total. The minimum atomic E-state index is -2.80. The number of ketones is 1. The Kier molecular flexibility index (Phi) is 2.87. The van der Waals surface area contributed by atoms with Crippen molar-refractivity contribution < 1.29 is 18.0 Å². The van der Waals surface area contributed by atoms with Crippen LogP contribution < -0.4 is 0 Å². The third kappa shape index (κ3) is 1.78. The number of para-hydroxylation sites is 1. The summed E-state index contributed by atoms with van der Waals surface area (Å²) >= 11 is 5.40. The molecule has 0 saturated carbocycles. The summed E-state index contributed by atoms with van der Waals surface area (Å²) in [5.41, 5.74) is 0.484. The standard InChI is InChI=1S/C10H6ClF2NO2/c11-4-6(15)5-2-1-3-7-8(5)14-10(16-7)9(12)13/h1-3,9H,4H2. The molecule has 0 N–H and O–H groups in total. The lowest BCUT2D eigenvalue weighted by molar-refractivity contribution is 0.102. The fraction of sp³-hybridized carbons (Fsp3) is 0.200. The first kappa shape index (κ1) is 11.0. The molecule has 0 atom stereocenters. The molecule has 6 heteroatoms. The number of nitrogens with zero attached hydrogens (tertiary/aromatic N) is 1. The third-order valence-electron chi connectivity index (χ3n) is 2.04. The van der Waals surface area contributed by atoms with Crippen LogP contribution in [0.25, 0.3) is 11.1 Å². The van der Waals surface area contributed by atoms with E-state index in [0.29, 0.717) is 0 Å². The molecule has 0 aliphatic carbocycles. The molecule has 2 aromatic rings. The second-order valence-electron chi connectivity index (χ2n) is 3.06. The van der Waals surface area contributed by atoms with Crippen molar-refractivity contribution in [3.05, 3.63) is 29.7 Å². The minimum Gasteiger partial charge on any atom is -0.435 e. The predicted octanol–water partition coefficient (Wildman–Crippen LogP) is 3.19. The van der Waals surface area contributed by atoms with Crippen molar-refractivity contribution in [3.63, 3.8) is 0 Å². The summed E-state index contributed by atoms with van der Waals surface area (Å²) in [6.07, 6.45) is -2.80. The zero-order chi connectivity index (χ0) is 11.7. The van der Waals surface area contributed by atoms with E-state index in [0.717, 1.165) is 0 Å². The van der Waals surface area contributed by atoms with Crippen molar-refractivity contribution in [3.8, 4) is 0 Å². The first-order chi connectivity index (χ1) is 7.63. The predicted molar refractivity (Wildman–Crippen MR) is 54.0 cm³/mol. The number of hydrogen-bond donors (Lipinski definition) is 0. The van der Waals surface area contributed by atoms with E-state index in [1.165, 1.54) is 18.2 Å². The highest BCUT2D eigenvalue weighted by Crippen LogP contribution is 2.25. The number of Topliss-reactive ketones (excluding diaryl/α,β-unsaturated/α-hetero) is 1. The van der Waals surface area contributed by atoms with Gasteiger partial charge >= 0.3 is 6.43 Å². The second kappa shape index (κ2) is 4.17. The van der Waals surface area contributed by atoms with Crippen LogP contribution in [0.3, 0.4) is 0 Å². The average molecular weight is 246 g/mol. The Labute approximate surface area is 94.0 Å². The molecule has 0 unspecified atom stereocenters. The first-order valence-electron chi connectivity index (χ1n) is 4.40. The van der Waals surface area contributed by atoms with Crippen LogP contribution in [0.15, 0.2) is 22.6 Å². The Morgan fingerprint density at radius 1 is 1.50 bits per heavy atom. The number of carbonyl (C=O) groups is 1. The Bertz CT molecular complexity index is 539. The Morgan fingerprint density at radius 3 is 2.88 bits per heavy atom. The topological polar surface area (TPSA) is 43.1 Å². The lowest BCUT2D eigenvalue weighted by Gasteiger charge is -1.95. The number of halogens is 3. The monoisotopic (exact) mass is 245 g/mol. The molecule has 0 saturated heterocycles. The zero-order valence-corrected chi connectivity index (χ0v) is 8.67. The summed E-state index contributed by atoms with van der Waals surface area (Å²) in [6.45, 7) is 0. The van der Waals surface area contributed by atoms with E-state index < -0.39 is 12.3 Å². The van der Waals surface area contributed by atoms with Crippen molar-refractivity contribution in [2.75, 3.05) is 5.88 Å². The zero-order valence-electron chi connectivity index (χ0n) is 7.91. The van der Waals surface area contributed by atoms with Gasteiger partial charge in [-0.3, -0.25) is 4.79 Å². The number of oxazole rings is 1. The molecule has 1 heterocycles. The van der Waals surface area contributed by atoms with E-state index in [1.807, 2.05) is 0 Å². The highest BCUT2D eigenvalue weighted by Gasteiger charge is 2.19.